The predicted molar refractivity (Wildman–Crippen MR) is 100 cm³/mol. The molecule has 0 heterocycles. The highest BCUT2D eigenvalue weighted by molar-refractivity contribution is 5.93. The molecular weight excluding hydrogens is 319 g/mol. The van der Waals surface area contributed by atoms with Gasteiger partial charge in [0.1, 0.15) is 5.82 Å². The quantitative estimate of drug-likeness (QED) is 0.805. The summed E-state index contributed by atoms with van der Waals surface area (Å²) in [7, 11) is 3.50. The fourth-order valence-electron chi connectivity index (χ4n) is 3.51. The maximum absolute atomic E-state index is 14.2. The maximum Gasteiger partial charge on any atom is 0.251 e. The Kier molecular flexibility index (Phi) is 6.01. The zero-order chi connectivity index (χ0) is 18.7. The van der Waals surface area contributed by atoms with Crippen molar-refractivity contribution < 1.29 is 14.3 Å². The van der Waals surface area contributed by atoms with Gasteiger partial charge in [-0.3, -0.25) is 4.79 Å². The average molecular weight is 346 g/mol. The van der Waals surface area contributed by atoms with Gasteiger partial charge in [0.2, 0.25) is 0 Å². The number of amides is 1. The number of carbonyl (C=O) groups excluding carboxylic acids is 1. The molecule has 0 saturated heterocycles. The first kappa shape index (κ1) is 19.2. The molecule has 0 radical (unpaired) electrons. The highest BCUT2D eigenvalue weighted by atomic mass is 19.1. The van der Waals surface area contributed by atoms with E-state index in [1.165, 1.54) is 5.57 Å². The van der Waals surface area contributed by atoms with Gasteiger partial charge in [-0.2, -0.15) is 0 Å². The van der Waals surface area contributed by atoms with Gasteiger partial charge < -0.3 is 15.3 Å². The van der Waals surface area contributed by atoms with Crippen LogP contribution in [0, 0.1) is 12.7 Å². The molecule has 136 valence electrons. The second kappa shape index (κ2) is 7.83. The Morgan fingerprint density at radius 2 is 2.12 bits per heavy atom. The molecule has 0 atom stereocenters. The molecule has 0 fully saturated rings. The number of fused-ring (bicyclic) bond motifs is 1. The molecule has 1 aliphatic rings. The minimum Gasteiger partial charge on any atom is -0.391 e. The van der Waals surface area contributed by atoms with Gasteiger partial charge >= 0.3 is 0 Å². The summed E-state index contributed by atoms with van der Waals surface area (Å²) in [5.74, 6) is -0.448. The summed E-state index contributed by atoms with van der Waals surface area (Å²) in [6.45, 7) is 7.53. The number of halogens is 1. The predicted octanol–water partition coefficient (Wildman–Crippen LogP) is 3.29. The molecule has 0 aliphatic heterocycles. The van der Waals surface area contributed by atoms with Gasteiger partial charge in [-0.25, -0.2) is 4.39 Å². The third-order valence-electron chi connectivity index (χ3n) is 4.91. The van der Waals surface area contributed by atoms with E-state index in [9.17, 15) is 9.18 Å². The molecule has 0 unspecified atom stereocenters. The summed E-state index contributed by atoms with van der Waals surface area (Å²) >= 11 is 0. The van der Waals surface area contributed by atoms with Gasteiger partial charge in [0.15, 0.2) is 0 Å². The Labute approximate surface area is 149 Å². The minimum atomic E-state index is -0.343. The van der Waals surface area contributed by atoms with Crippen molar-refractivity contribution in [3.63, 3.8) is 0 Å². The van der Waals surface area contributed by atoms with Crippen molar-refractivity contribution in [3.05, 3.63) is 46.3 Å². The fraction of sp³-hybridized carbons (Fsp3) is 0.450. The van der Waals surface area contributed by atoms with E-state index in [0.717, 1.165) is 41.6 Å². The van der Waals surface area contributed by atoms with E-state index in [0.29, 0.717) is 12.1 Å². The lowest BCUT2D eigenvalue weighted by molar-refractivity contribution is -0.125. The number of allylic oxidation sites excluding steroid dienone is 1. The zero-order valence-corrected chi connectivity index (χ0v) is 15.5. The topological polar surface area (TPSA) is 52.6 Å². The van der Waals surface area contributed by atoms with E-state index >= 15 is 0 Å². The largest absolute Gasteiger partial charge is 0.391 e. The zero-order valence-electron chi connectivity index (χ0n) is 15.5. The first-order valence-corrected chi connectivity index (χ1v) is 8.54. The van der Waals surface area contributed by atoms with Crippen molar-refractivity contribution in [2.24, 2.45) is 0 Å². The van der Waals surface area contributed by atoms with Crippen LogP contribution in [0.1, 0.15) is 36.5 Å². The molecule has 1 aliphatic carbocycles. The number of rotatable bonds is 5. The third-order valence-corrected chi connectivity index (χ3v) is 4.91. The van der Waals surface area contributed by atoms with Crippen LogP contribution in [0.4, 0.5) is 10.1 Å². The van der Waals surface area contributed by atoms with Crippen molar-refractivity contribution in [1.82, 2.24) is 4.90 Å². The van der Waals surface area contributed by atoms with Crippen molar-refractivity contribution in [3.8, 4) is 0 Å². The second-order valence-electron chi connectivity index (χ2n) is 6.67. The van der Waals surface area contributed by atoms with Gasteiger partial charge in [-0.1, -0.05) is 12.2 Å². The monoisotopic (exact) mass is 346 g/mol. The Morgan fingerprint density at radius 3 is 2.72 bits per heavy atom. The number of likely N-dealkylation sites (N-methyl/N-ethyl adjacent to an activating group) is 1. The minimum absolute atomic E-state index is 0.179. The smallest absolute Gasteiger partial charge is 0.251 e. The van der Waals surface area contributed by atoms with Crippen LogP contribution in [-0.4, -0.2) is 43.2 Å². The summed E-state index contributed by atoms with van der Waals surface area (Å²) in [6.07, 6.45) is 2.73. The van der Waals surface area contributed by atoms with Crippen molar-refractivity contribution in [1.29, 1.82) is 0 Å². The lowest BCUT2D eigenvalue weighted by atomic mass is 9.81. The number of carbonyl (C=O) groups is 1. The molecule has 25 heavy (non-hydrogen) atoms. The second-order valence-corrected chi connectivity index (χ2v) is 6.67. The van der Waals surface area contributed by atoms with Crippen LogP contribution >= 0.6 is 0 Å². The van der Waals surface area contributed by atoms with Crippen molar-refractivity contribution in [2.75, 3.05) is 32.6 Å². The SMILES string of the molecule is C=C(CO)C(=O)N(C)C/C(C)=C1\CCCc2c(C)c(F)cc(NC)c21. The van der Waals surface area contributed by atoms with Gasteiger partial charge in [0.05, 0.1) is 6.61 Å². The number of benzene rings is 1. The number of anilines is 1. The number of hydrogen-bond acceptors (Lipinski definition) is 3. The molecule has 1 aromatic rings. The van der Waals surface area contributed by atoms with Gasteiger partial charge in [0, 0.05) is 37.5 Å². The van der Waals surface area contributed by atoms with Crippen LogP contribution in [0.25, 0.3) is 5.57 Å². The summed E-state index contributed by atoms with van der Waals surface area (Å²) in [6, 6.07) is 1.55. The standard InChI is InChI=1S/C20H27FN2O2/c1-12(10-23(5)20(25)13(2)11-24)15-7-6-8-16-14(3)17(21)9-18(22-4)19(15)16/h9,22,24H,2,6-8,10-11H2,1,3-5H3/b15-12+. The summed E-state index contributed by atoms with van der Waals surface area (Å²) in [5.41, 5.74) is 6.05. The molecule has 0 saturated carbocycles. The molecule has 2 rings (SSSR count). The number of aliphatic hydroxyl groups excluding tert-OH is 1. The molecule has 1 amide bonds. The Balaban J connectivity index is 2.45. The highest BCUT2D eigenvalue weighted by Gasteiger charge is 2.24. The van der Waals surface area contributed by atoms with Crippen LogP contribution < -0.4 is 5.32 Å². The normalized spacial score (nSPS) is 15.4. The molecular formula is C20H27FN2O2. The third kappa shape index (κ3) is 3.76. The van der Waals surface area contributed by atoms with Crippen molar-refractivity contribution >= 4 is 17.2 Å². The van der Waals surface area contributed by atoms with Gasteiger partial charge in [-0.05, 0) is 55.9 Å². The molecule has 1 aromatic carbocycles. The summed E-state index contributed by atoms with van der Waals surface area (Å²) in [4.78, 5) is 13.7. The maximum atomic E-state index is 14.2. The van der Waals surface area contributed by atoms with Crippen LogP contribution in [0.2, 0.25) is 0 Å². The molecule has 0 spiro atoms. The summed E-state index contributed by atoms with van der Waals surface area (Å²) < 4.78 is 14.2. The average Bonchev–Trinajstić information content (AvgIpc) is 2.62. The van der Waals surface area contributed by atoms with Gasteiger partial charge in [-0.15, -0.1) is 0 Å². The number of aliphatic hydroxyl groups is 1. The fourth-order valence-corrected chi connectivity index (χ4v) is 3.51. The lowest BCUT2D eigenvalue weighted by Gasteiger charge is -2.28. The lowest BCUT2D eigenvalue weighted by Crippen LogP contribution is -2.30. The van der Waals surface area contributed by atoms with Gasteiger partial charge in [0.25, 0.3) is 5.91 Å². The molecule has 0 aromatic heterocycles. The first-order valence-electron chi connectivity index (χ1n) is 8.54. The number of hydrogen-bond donors (Lipinski definition) is 2. The summed E-state index contributed by atoms with van der Waals surface area (Å²) in [5, 5.41) is 12.2. The molecule has 5 heteroatoms. The van der Waals surface area contributed by atoms with E-state index in [1.807, 2.05) is 13.8 Å². The van der Waals surface area contributed by atoms with E-state index < -0.39 is 0 Å². The molecule has 0 bridgehead atoms. The van der Waals surface area contributed by atoms with Crippen LogP contribution in [-0.2, 0) is 11.2 Å². The number of nitrogens with zero attached hydrogens (tertiary/aromatic N) is 1. The van der Waals surface area contributed by atoms with Crippen LogP contribution in [0.3, 0.4) is 0 Å². The van der Waals surface area contributed by atoms with E-state index in [2.05, 4.69) is 11.9 Å². The molecule has 2 N–H and O–H groups in total. The van der Waals surface area contributed by atoms with E-state index in [1.54, 1.807) is 25.1 Å². The van der Waals surface area contributed by atoms with Crippen molar-refractivity contribution in [2.45, 2.75) is 33.1 Å². The Hall–Kier alpha value is -2.14. The van der Waals surface area contributed by atoms with E-state index in [4.69, 9.17) is 5.11 Å². The number of nitrogens with one attached hydrogen (secondary N) is 1. The van der Waals surface area contributed by atoms with Crippen LogP contribution in [0.15, 0.2) is 23.8 Å². The Morgan fingerprint density at radius 1 is 1.44 bits per heavy atom. The first-order chi connectivity index (χ1) is 11.8. The Bertz CT molecular complexity index is 738. The molecule has 4 nitrogen and oxygen atoms in total. The highest BCUT2D eigenvalue weighted by Crippen LogP contribution is 2.40. The van der Waals surface area contributed by atoms with E-state index in [-0.39, 0.29) is 23.9 Å². The van der Waals surface area contributed by atoms with Crippen LogP contribution in [0.5, 0.6) is 0 Å².